The fraction of sp³-hybridized carbons (Fsp3) is 0.786. The molecule has 1 unspecified atom stereocenters. The minimum atomic E-state index is -0.418. The molecule has 118 valence electrons. The molecule has 1 aliphatic heterocycles. The van der Waals surface area contributed by atoms with Gasteiger partial charge in [-0.2, -0.15) is 5.26 Å². The molecule has 1 heterocycles. The molecule has 0 aromatic rings. The van der Waals surface area contributed by atoms with Gasteiger partial charge in [0.2, 0.25) is 11.8 Å². The van der Waals surface area contributed by atoms with Crippen LogP contribution in [-0.4, -0.2) is 74.1 Å². The summed E-state index contributed by atoms with van der Waals surface area (Å²) in [4.78, 5) is 27.6. The zero-order valence-corrected chi connectivity index (χ0v) is 12.8. The molecule has 21 heavy (non-hydrogen) atoms. The number of carbonyl (C=O) groups excluding carboxylic acids is 2. The maximum atomic E-state index is 12.1. The monoisotopic (exact) mass is 296 g/mol. The van der Waals surface area contributed by atoms with E-state index in [0.717, 1.165) is 6.42 Å². The molecule has 0 spiro atoms. The average molecular weight is 296 g/mol. The number of rotatable bonds is 7. The van der Waals surface area contributed by atoms with Crippen molar-refractivity contribution in [2.45, 2.75) is 25.8 Å². The third-order valence-corrected chi connectivity index (χ3v) is 3.41. The molecule has 0 aromatic heterocycles. The van der Waals surface area contributed by atoms with Gasteiger partial charge in [-0.1, -0.05) is 6.92 Å². The minimum Gasteiger partial charge on any atom is -0.378 e. The molecule has 7 heteroatoms. The summed E-state index contributed by atoms with van der Waals surface area (Å²) in [6.07, 6.45) is 1.18. The molecular weight excluding hydrogens is 272 g/mol. The standard InChI is InChI=1S/C14H24N4O3/c1-3-6-16-14(20)12-11-21-9-8-18(12)10-13(19)17(2)7-4-5-15/h12H,3-4,6-11H2,1-2H3,(H,16,20). The van der Waals surface area contributed by atoms with E-state index >= 15 is 0 Å². The molecule has 1 aliphatic rings. The lowest BCUT2D eigenvalue weighted by atomic mass is 10.2. The van der Waals surface area contributed by atoms with Gasteiger partial charge in [0.15, 0.2) is 0 Å². The molecule has 1 atom stereocenters. The van der Waals surface area contributed by atoms with Crippen LogP contribution in [0.5, 0.6) is 0 Å². The van der Waals surface area contributed by atoms with Crippen molar-refractivity contribution in [3.05, 3.63) is 0 Å². The van der Waals surface area contributed by atoms with E-state index in [1.807, 2.05) is 17.9 Å². The highest BCUT2D eigenvalue weighted by Gasteiger charge is 2.31. The largest absolute Gasteiger partial charge is 0.378 e. The topological polar surface area (TPSA) is 85.7 Å². The Morgan fingerprint density at radius 1 is 1.52 bits per heavy atom. The van der Waals surface area contributed by atoms with Crippen molar-refractivity contribution in [1.29, 1.82) is 5.26 Å². The van der Waals surface area contributed by atoms with Crippen LogP contribution in [0.4, 0.5) is 0 Å². The first-order chi connectivity index (χ1) is 10.1. The number of ether oxygens (including phenoxy) is 1. The van der Waals surface area contributed by atoms with Crippen LogP contribution in [-0.2, 0) is 14.3 Å². The molecular formula is C14H24N4O3. The van der Waals surface area contributed by atoms with Gasteiger partial charge in [-0.15, -0.1) is 0 Å². The Balaban J connectivity index is 2.54. The van der Waals surface area contributed by atoms with Crippen LogP contribution < -0.4 is 5.32 Å². The molecule has 2 amide bonds. The lowest BCUT2D eigenvalue weighted by Crippen LogP contribution is -2.56. The summed E-state index contributed by atoms with van der Waals surface area (Å²) >= 11 is 0. The number of hydrogen-bond donors (Lipinski definition) is 1. The summed E-state index contributed by atoms with van der Waals surface area (Å²) < 4.78 is 5.35. The SMILES string of the molecule is CCCNC(=O)C1COCCN1CC(=O)N(C)CCC#N. The predicted molar refractivity (Wildman–Crippen MR) is 77.3 cm³/mol. The third-order valence-electron chi connectivity index (χ3n) is 3.41. The summed E-state index contributed by atoms with van der Waals surface area (Å²) in [6, 6.07) is 1.60. The summed E-state index contributed by atoms with van der Waals surface area (Å²) in [5.41, 5.74) is 0. The Hall–Kier alpha value is -1.65. The summed E-state index contributed by atoms with van der Waals surface area (Å²) in [5.74, 6) is -0.176. The van der Waals surface area contributed by atoms with Crippen molar-refractivity contribution < 1.29 is 14.3 Å². The number of carbonyl (C=O) groups is 2. The van der Waals surface area contributed by atoms with Crippen LogP contribution in [0, 0.1) is 11.3 Å². The molecule has 0 aromatic carbocycles. The lowest BCUT2D eigenvalue weighted by Gasteiger charge is -2.34. The van der Waals surface area contributed by atoms with Gasteiger partial charge < -0.3 is 15.0 Å². The second kappa shape index (κ2) is 9.32. The van der Waals surface area contributed by atoms with Crippen LogP contribution in [0.2, 0.25) is 0 Å². The molecule has 1 fully saturated rings. The Morgan fingerprint density at radius 3 is 2.95 bits per heavy atom. The second-order valence-electron chi connectivity index (χ2n) is 5.08. The zero-order chi connectivity index (χ0) is 15.7. The van der Waals surface area contributed by atoms with E-state index in [1.165, 1.54) is 4.90 Å². The highest BCUT2D eigenvalue weighted by Crippen LogP contribution is 2.08. The van der Waals surface area contributed by atoms with Gasteiger partial charge in [-0.05, 0) is 6.42 Å². The number of amides is 2. The van der Waals surface area contributed by atoms with Gasteiger partial charge in [0.1, 0.15) is 6.04 Å². The van der Waals surface area contributed by atoms with Gasteiger partial charge in [-0.3, -0.25) is 14.5 Å². The summed E-state index contributed by atoms with van der Waals surface area (Å²) in [5, 5.41) is 11.4. The highest BCUT2D eigenvalue weighted by molar-refractivity contribution is 5.83. The van der Waals surface area contributed by atoms with E-state index in [2.05, 4.69) is 5.32 Å². The number of likely N-dealkylation sites (N-methyl/N-ethyl adjacent to an activating group) is 1. The molecule has 0 saturated carbocycles. The van der Waals surface area contributed by atoms with E-state index in [0.29, 0.717) is 39.3 Å². The number of nitriles is 1. The van der Waals surface area contributed by atoms with Crippen molar-refractivity contribution in [3.63, 3.8) is 0 Å². The molecule has 1 saturated heterocycles. The third kappa shape index (κ3) is 5.69. The Labute approximate surface area is 125 Å². The van der Waals surface area contributed by atoms with Gasteiger partial charge in [0.25, 0.3) is 0 Å². The van der Waals surface area contributed by atoms with Crippen molar-refractivity contribution in [2.24, 2.45) is 0 Å². The predicted octanol–water partition coefficient (Wildman–Crippen LogP) is -0.415. The normalized spacial score (nSPS) is 18.8. The maximum absolute atomic E-state index is 12.1. The molecule has 0 radical (unpaired) electrons. The molecule has 7 nitrogen and oxygen atoms in total. The smallest absolute Gasteiger partial charge is 0.239 e. The van der Waals surface area contributed by atoms with Crippen LogP contribution >= 0.6 is 0 Å². The molecule has 0 bridgehead atoms. The van der Waals surface area contributed by atoms with Crippen molar-refractivity contribution in [1.82, 2.24) is 15.1 Å². The first-order valence-corrected chi connectivity index (χ1v) is 7.30. The second-order valence-corrected chi connectivity index (χ2v) is 5.08. The number of morpholine rings is 1. The minimum absolute atomic E-state index is 0.0829. The van der Waals surface area contributed by atoms with Crippen molar-refractivity contribution in [3.8, 4) is 6.07 Å². The van der Waals surface area contributed by atoms with Gasteiger partial charge >= 0.3 is 0 Å². The molecule has 0 aliphatic carbocycles. The van der Waals surface area contributed by atoms with E-state index in [-0.39, 0.29) is 18.4 Å². The maximum Gasteiger partial charge on any atom is 0.239 e. The lowest BCUT2D eigenvalue weighted by molar-refractivity contribution is -0.138. The quantitative estimate of drug-likeness (QED) is 0.690. The van der Waals surface area contributed by atoms with E-state index < -0.39 is 6.04 Å². The summed E-state index contributed by atoms with van der Waals surface area (Å²) in [7, 11) is 1.67. The Kier molecular flexibility index (Phi) is 7.72. The van der Waals surface area contributed by atoms with E-state index in [1.54, 1.807) is 7.05 Å². The molecule has 1 rings (SSSR count). The number of nitrogens with zero attached hydrogens (tertiary/aromatic N) is 3. The van der Waals surface area contributed by atoms with Crippen LogP contribution in [0.3, 0.4) is 0 Å². The Bertz CT molecular complexity index is 394. The fourth-order valence-corrected chi connectivity index (χ4v) is 2.07. The van der Waals surface area contributed by atoms with E-state index in [9.17, 15) is 9.59 Å². The average Bonchev–Trinajstić information content (AvgIpc) is 2.50. The van der Waals surface area contributed by atoms with Crippen molar-refractivity contribution >= 4 is 11.8 Å². The van der Waals surface area contributed by atoms with Crippen molar-refractivity contribution in [2.75, 3.05) is 46.4 Å². The van der Waals surface area contributed by atoms with Crippen LogP contribution in [0.15, 0.2) is 0 Å². The Morgan fingerprint density at radius 2 is 2.29 bits per heavy atom. The first kappa shape index (κ1) is 17.4. The first-order valence-electron chi connectivity index (χ1n) is 7.30. The van der Waals surface area contributed by atoms with Gasteiger partial charge in [0.05, 0.1) is 32.2 Å². The van der Waals surface area contributed by atoms with Gasteiger partial charge in [-0.25, -0.2) is 0 Å². The van der Waals surface area contributed by atoms with Crippen LogP contribution in [0.1, 0.15) is 19.8 Å². The molecule has 1 N–H and O–H groups in total. The zero-order valence-electron chi connectivity index (χ0n) is 12.8. The summed E-state index contributed by atoms with van der Waals surface area (Å²) in [6.45, 7) is 4.59. The van der Waals surface area contributed by atoms with Crippen LogP contribution in [0.25, 0.3) is 0 Å². The van der Waals surface area contributed by atoms with E-state index in [4.69, 9.17) is 10.00 Å². The number of hydrogen-bond acceptors (Lipinski definition) is 5. The number of nitrogens with one attached hydrogen (secondary N) is 1. The fourth-order valence-electron chi connectivity index (χ4n) is 2.07. The van der Waals surface area contributed by atoms with Gasteiger partial charge in [0, 0.05) is 26.7 Å². The highest BCUT2D eigenvalue weighted by atomic mass is 16.5.